The van der Waals surface area contributed by atoms with Crippen LogP contribution in [0.1, 0.15) is 75.9 Å². The number of rotatable bonds is 8. The smallest absolute Gasteiger partial charge is 0.332 e. The number of fused-ring (bicyclic) bond motifs is 4. The number of imidazole rings is 1. The van der Waals surface area contributed by atoms with Crippen LogP contribution >= 0.6 is 11.3 Å². The number of nitrogens with zero attached hydrogens (tertiary/aromatic N) is 3. The highest BCUT2D eigenvalue weighted by Crippen LogP contribution is 2.53. The van der Waals surface area contributed by atoms with Crippen LogP contribution in [-0.2, 0) is 25.0 Å². The summed E-state index contributed by atoms with van der Waals surface area (Å²) in [6.07, 6.45) is 8.12. The Bertz CT molecular complexity index is 1200. The molecule has 3 aliphatic rings. The van der Waals surface area contributed by atoms with E-state index in [1.807, 2.05) is 25.2 Å². The molecule has 3 aromatic rings. The fourth-order valence-electron chi connectivity index (χ4n) is 5.76. The zero-order valence-corrected chi connectivity index (χ0v) is 19.9. The minimum atomic E-state index is -0.231. The second kappa shape index (κ2) is 8.30. The second-order valence-electron chi connectivity index (χ2n) is 9.67. The summed E-state index contributed by atoms with van der Waals surface area (Å²) in [7, 11) is 0. The SMILES string of the molecule is CCCn1c(=O)c2[nH]c(C34CCC(NCc5cccs5)(CC3)CC4)nc2n(CCC)c1=O. The van der Waals surface area contributed by atoms with E-state index in [1.165, 1.54) is 9.44 Å². The molecule has 3 saturated carbocycles. The van der Waals surface area contributed by atoms with E-state index < -0.39 is 0 Å². The van der Waals surface area contributed by atoms with E-state index in [4.69, 9.17) is 4.98 Å². The van der Waals surface area contributed by atoms with Crippen molar-refractivity contribution >= 4 is 22.5 Å². The summed E-state index contributed by atoms with van der Waals surface area (Å²) in [5.41, 5.74) is 0.779. The van der Waals surface area contributed by atoms with Crippen molar-refractivity contribution in [3.05, 3.63) is 49.1 Å². The first-order valence-corrected chi connectivity index (χ1v) is 12.9. The van der Waals surface area contributed by atoms with Gasteiger partial charge in [0.2, 0.25) is 0 Å². The third kappa shape index (κ3) is 3.48. The van der Waals surface area contributed by atoms with Gasteiger partial charge >= 0.3 is 5.69 Å². The van der Waals surface area contributed by atoms with Gasteiger partial charge in [0.15, 0.2) is 5.65 Å². The highest BCUT2D eigenvalue weighted by molar-refractivity contribution is 7.09. The quantitative estimate of drug-likeness (QED) is 0.539. The molecule has 0 aliphatic heterocycles. The normalized spacial score (nSPS) is 25.1. The lowest BCUT2D eigenvalue weighted by Crippen LogP contribution is -2.56. The molecule has 3 fully saturated rings. The number of aryl methyl sites for hydroxylation is 1. The van der Waals surface area contributed by atoms with Gasteiger partial charge in [0.1, 0.15) is 11.3 Å². The van der Waals surface area contributed by atoms with Crippen LogP contribution in [0.4, 0.5) is 0 Å². The average molecular weight is 456 g/mol. The van der Waals surface area contributed by atoms with Crippen LogP contribution < -0.4 is 16.6 Å². The van der Waals surface area contributed by atoms with Crippen molar-refractivity contribution in [3.63, 3.8) is 0 Å². The van der Waals surface area contributed by atoms with Crippen LogP contribution in [0.3, 0.4) is 0 Å². The molecule has 3 heterocycles. The molecule has 0 spiro atoms. The fourth-order valence-corrected chi connectivity index (χ4v) is 6.40. The predicted molar refractivity (Wildman–Crippen MR) is 128 cm³/mol. The highest BCUT2D eigenvalue weighted by atomic mass is 32.1. The van der Waals surface area contributed by atoms with E-state index >= 15 is 0 Å². The second-order valence-corrected chi connectivity index (χ2v) is 10.7. The van der Waals surface area contributed by atoms with Crippen LogP contribution in [-0.4, -0.2) is 24.6 Å². The summed E-state index contributed by atoms with van der Waals surface area (Å²) in [6, 6.07) is 4.31. The molecule has 6 rings (SSSR count). The van der Waals surface area contributed by atoms with Crippen LogP contribution in [0.25, 0.3) is 11.2 Å². The number of aromatic nitrogens is 4. The van der Waals surface area contributed by atoms with E-state index in [1.54, 1.807) is 4.57 Å². The van der Waals surface area contributed by atoms with Gasteiger partial charge in [-0.15, -0.1) is 11.3 Å². The number of aromatic amines is 1. The lowest BCUT2D eigenvalue weighted by molar-refractivity contribution is 0.0715. The maximum Gasteiger partial charge on any atom is 0.332 e. The summed E-state index contributed by atoms with van der Waals surface area (Å²) in [4.78, 5) is 35.8. The van der Waals surface area contributed by atoms with Gasteiger partial charge in [0.25, 0.3) is 5.56 Å². The third-order valence-corrected chi connectivity index (χ3v) is 8.60. The van der Waals surface area contributed by atoms with E-state index in [0.717, 1.165) is 63.7 Å². The molecule has 0 atom stereocenters. The van der Waals surface area contributed by atoms with Crippen LogP contribution in [0.15, 0.2) is 27.1 Å². The van der Waals surface area contributed by atoms with Gasteiger partial charge in [-0.2, -0.15) is 0 Å². The van der Waals surface area contributed by atoms with Gasteiger partial charge < -0.3 is 10.3 Å². The Morgan fingerprint density at radius 2 is 1.75 bits per heavy atom. The Labute approximate surface area is 191 Å². The molecular weight excluding hydrogens is 422 g/mol. The molecular formula is C24H33N5O2S. The molecule has 32 heavy (non-hydrogen) atoms. The molecule has 0 saturated heterocycles. The monoisotopic (exact) mass is 455 g/mol. The summed E-state index contributed by atoms with van der Waals surface area (Å²) in [6.45, 7) is 5.99. The van der Waals surface area contributed by atoms with Crippen molar-refractivity contribution in [2.75, 3.05) is 0 Å². The van der Waals surface area contributed by atoms with Crippen LogP contribution in [0.5, 0.6) is 0 Å². The summed E-state index contributed by atoms with van der Waals surface area (Å²) < 4.78 is 3.07. The molecule has 3 aromatic heterocycles. The molecule has 2 N–H and O–H groups in total. The Morgan fingerprint density at radius 1 is 1.06 bits per heavy atom. The van der Waals surface area contributed by atoms with Crippen molar-refractivity contribution in [2.24, 2.45) is 0 Å². The van der Waals surface area contributed by atoms with Crippen molar-refractivity contribution < 1.29 is 0 Å². The minimum Gasteiger partial charge on any atom is -0.336 e. The molecule has 8 heteroatoms. The zero-order chi connectivity index (χ0) is 22.3. The van der Waals surface area contributed by atoms with Gasteiger partial charge in [-0.25, -0.2) is 9.78 Å². The number of hydrogen-bond donors (Lipinski definition) is 2. The molecule has 3 aliphatic carbocycles. The molecule has 0 aromatic carbocycles. The third-order valence-electron chi connectivity index (χ3n) is 7.72. The molecule has 172 valence electrons. The first kappa shape index (κ1) is 21.6. The molecule has 7 nitrogen and oxygen atoms in total. The molecule has 0 amide bonds. The van der Waals surface area contributed by atoms with Crippen LogP contribution in [0.2, 0.25) is 0 Å². The minimum absolute atomic E-state index is 0.0134. The standard InChI is InChI=1S/C24H33N5O2S/c1-3-13-28-19-18(20(30)29(14-4-2)22(28)31)26-21(27-19)23-7-10-24(11-8-23,12-9-23)25-16-17-6-5-15-32-17/h5-6,15,25H,3-4,7-14,16H2,1-2H3,(H,26,27). The molecule has 2 bridgehead atoms. The predicted octanol–water partition coefficient (Wildman–Crippen LogP) is 3.90. The number of H-pyrrole nitrogens is 1. The maximum atomic E-state index is 13.1. The summed E-state index contributed by atoms with van der Waals surface area (Å²) in [5, 5.41) is 6.00. The van der Waals surface area contributed by atoms with E-state index in [9.17, 15) is 9.59 Å². The lowest BCUT2D eigenvalue weighted by atomic mass is 9.57. The first-order chi connectivity index (χ1) is 15.5. The van der Waals surface area contributed by atoms with E-state index in [-0.39, 0.29) is 22.2 Å². The molecule has 0 radical (unpaired) electrons. The van der Waals surface area contributed by atoms with Crippen molar-refractivity contribution in [1.29, 1.82) is 0 Å². The molecule has 0 unspecified atom stereocenters. The van der Waals surface area contributed by atoms with Crippen molar-refractivity contribution in [3.8, 4) is 0 Å². The summed E-state index contributed by atoms with van der Waals surface area (Å²) >= 11 is 1.81. The fraction of sp³-hybridized carbons (Fsp3) is 0.625. The Hall–Kier alpha value is -2.19. The zero-order valence-electron chi connectivity index (χ0n) is 19.1. The van der Waals surface area contributed by atoms with Crippen molar-refractivity contribution in [1.82, 2.24) is 24.4 Å². The number of hydrogen-bond acceptors (Lipinski definition) is 5. The Morgan fingerprint density at radius 3 is 2.38 bits per heavy atom. The first-order valence-electron chi connectivity index (χ1n) is 12.0. The van der Waals surface area contributed by atoms with Gasteiger partial charge in [0.05, 0.1) is 0 Å². The Balaban J connectivity index is 1.46. The van der Waals surface area contributed by atoms with Gasteiger partial charge in [0, 0.05) is 35.5 Å². The van der Waals surface area contributed by atoms with Gasteiger partial charge in [-0.3, -0.25) is 13.9 Å². The summed E-state index contributed by atoms with van der Waals surface area (Å²) in [5.74, 6) is 0.912. The highest BCUT2D eigenvalue weighted by Gasteiger charge is 2.50. The number of thiophene rings is 1. The largest absolute Gasteiger partial charge is 0.336 e. The van der Waals surface area contributed by atoms with Gasteiger partial charge in [-0.05, 0) is 62.8 Å². The van der Waals surface area contributed by atoms with Gasteiger partial charge in [-0.1, -0.05) is 19.9 Å². The maximum absolute atomic E-state index is 13.1. The number of nitrogens with one attached hydrogen (secondary N) is 2. The van der Waals surface area contributed by atoms with E-state index in [2.05, 4.69) is 27.8 Å². The Kier molecular flexibility index (Phi) is 5.61. The van der Waals surface area contributed by atoms with E-state index in [0.29, 0.717) is 24.3 Å². The average Bonchev–Trinajstić information content (AvgIpc) is 3.50. The lowest BCUT2D eigenvalue weighted by Gasteiger charge is -2.53. The van der Waals surface area contributed by atoms with Crippen molar-refractivity contribution in [2.45, 2.75) is 95.8 Å². The van der Waals surface area contributed by atoms with Crippen LogP contribution in [0, 0.1) is 0 Å². The topological polar surface area (TPSA) is 84.7 Å².